The molecule has 1 amide bonds. The van der Waals surface area contributed by atoms with Gasteiger partial charge < -0.3 is 10.0 Å². The Labute approximate surface area is 129 Å². The molecule has 116 valence electrons. The van der Waals surface area contributed by atoms with Crippen LogP contribution < -0.4 is 0 Å². The third kappa shape index (κ3) is 4.67. The molecule has 1 heterocycles. The monoisotopic (exact) mass is 313 g/mol. The van der Waals surface area contributed by atoms with Crippen molar-refractivity contribution >= 4 is 23.5 Å². The van der Waals surface area contributed by atoms with E-state index in [0.29, 0.717) is 5.82 Å². The smallest absolute Gasteiger partial charge is 0.305 e. The van der Waals surface area contributed by atoms with Crippen molar-refractivity contribution in [1.82, 2.24) is 14.9 Å². The second-order valence-electron chi connectivity index (χ2n) is 5.32. The third-order valence-electron chi connectivity index (χ3n) is 2.93. The van der Waals surface area contributed by atoms with E-state index in [9.17, 15) is 9.59 Å². The molecule has 0 atom stereocenters. The zero-order valence-corrected chi connectivity index (χ0v) is 13.4. The second kappa shape index (κ2) is 7.36. The Hall–Kier alpha value is -1.69. The summed E-state index contributed by atoms with van der Waals surface area (Å²) in [4.78, 5) is 33.0. The topological polar surface area (TPSA) is 83.4 Å². The summed E-state index contributed by atoms with van der Waals surface area (Å²) in [5, 5.41) is 8.95. The van der Waals surface area contributed by atoms with Crippen LogP contribution in [0.15, 0.2) is 6.20 Å². The standard InChI is InChI=1S/C14H20ClN3O3/c1-8(2)13-16-7-10(15)12(17-13)14(21)18(9(3)4)6-5-11(19)20/h7-9H,5-6H2,1-4H3,(H,19,20). The van der Waals surface area contributed by atoms with Crippen LogP contribution in [0.1, 0.15) is 56.3 Å². The van der Waals surface area contributed by atoms with Gasteiger partial charge in [0, 0.05) is 18.5 Å². The number of carboxylic acids is 1. The molecule has 1 N–H and O–H groups in total. The minimum Gasteiger partial charge on any atom is -0.481 e. The summed E-state index contributed by atoms with van der Waals surface area (Å²) in [5.74, 6) is -0.726. The van der Waals surface area contributed by atoms with Gasteiger partial charge >= 0.3 is 5.97 Å². The Bertz CT molecular complexity index is 532. The van der Waals surface area contributed by atoms with Gasteiger partial charge in [-0.15, -0.1) is 0 Å². The first-order valence-electron chi connectivity index (χ1n) is 6.79. The Balaban J connectivity index is 3.08. The summed E-state index contributed by atoms with van der Waals surface area (Å²) in [6, 6.07) is -0.148. The fourth-order valence-electron chi connectivity index (χ4n) is 1.76. The molecule has 0 aliphatic rings. The molecule has 1 aromatic heterocycles. The van der Waals surface area contributed by atoms with Crippen LogP contribution in [0.5, 0.6) is 0 Å². The number of aliphatic carboxylic acids is 1. The van der Waals surface area contributed by atoms with Crippen molar-refractivity contribution < 1.29 is 14.7 Å². The molecule has 0 bridgehead atoms. The van der Waals surface area contributed by atoms with Crippen molar-refractivity contribution in [1.29, 1.82) is 0 Å². The van der Waals surface area contributed by atoms with Gasteiger partial charge in [-0.1, -0.05) is 25.4 Å². The van der Waals surface area contributed by atoms with Crippen molar-refractivity contribution in [2.24, 2.45) is 0 Å². The Morgan fingerprint density at radius 1 is 1.33 bits per heavy atom. The van der Waals surface area contributed by atoms with E-state index in [4.69, 9.17) is 16.7 Å². The molecular formula is C14H20ClN3O3. The van der Waals surface area contributed by atoms with Crippen molar-refractivity contribution in [2.45, 2.75) is 46.1 Å². The number of carbonyl (C=O) groups is 2. The average molecular weight is 314 g/mol. The number of carboxylic acid groups (broad SMARTS) is 1. The number of carbonyl (C=O) groups excluding carboxylic acids is 1. The first-order chi connectivity index (χ1) is 9.73. The Morgan fingerprint density at radius 2 is 1.95 bits per heavy atom. The lowest BCUT2D eigenvalue weighted by Gasteiger charge is -2.26. The van der Waals surface area contributed by atoms with Gasteiger partial charge in [-0.3, -0.25) is 9.59 Å². The van der Waals surface area contributed by atoms with E-state index < -0.39 is 5.97 Å². The van der Waals surface area contributed by atoms with Crippen LogP contribution in [-0.2, 0) is 4.79 Å². The summed E-state index contributed by atoms with van der Waals surface area (Å²) in [7, 11) is 0. The lowest BCUT2D eigenvalue weighted by atomic mass is 10.2. The van der Waals surface area contributed by atoms with Crippen LogP contribution in [0, 0.1) is 0 Å². The molecular weight excluding hydrogens is 294 g/mol. The summed E-state index contributed by atoms with van der Waals surface area (Å²) >= 11 is 6.02. The highest BCUT2D eigenvalue weighted by Crippen LogP contribution is 2.19. The Kier molecular flexibility index (Phi) is 6.08. The van der Waals surface area contributed by atoms with E-state index in [-0.39, 0.29) is 41.5 Å². The first-order valence-corrected chi connectivity index (χ1v) is 7.17. The largest absolute Gasteiger partial charge is 0.481 e. The van der Waals surface area contributed by atoms with Gasteiger partial charge in [0.15, 0.2) is 5.69 Å². The molecule has 1 rings (SSSR count). The molecule has 0 radical (unpaired) electrons. The normalized spacial score (nSPS) is 11.0. The van der Waals surface area contributed by atoms with Gasteiger partial charge in [-0.25, -0.2) is 9.97 Å². The summed E-state index contributed by atoms with van der Waals surface area (Å²) in [6.45, 7) is 7.59. The van der Waals surface area contributed by atoms with Gasteiger partial charge in [0.1, 0.15) is 5.82 Å². The van der Waals surface area contributed by atoms with Gasteiger partial charge in [0.05, 0.1) is 17.6 Å². The number of hydrogen-bond donors (Lipinski definition) is 1. The molecule has 0 aliphatic carbocycles. The van der Waals surface area contributed by atoms with Crippen LogP contribution in [0.25, 0.3) is 0 Å². The fraction of sp³-hybridized carbons (Fsp3) is 0.571. The van der Waals surface area contributed by atoms with Crippen LogP contribution in [0.2, 0.25) is 5.02 Å². The van der Waals surface area contributed by atoms with Gasteiger partial charge in [-0.05, 0) is 13.8 Å². The third-order valence-corrected chi connectivity index (χ3v) is 3.21. The highest BCUT2D eigenvalue weighted by molar-refractivity contribution is 6.33. The number of hydrogen-bond acceptors (Lipinski definition) is 4. The number of halogens is 1. The SMILES string of the molecule is CC(C)c1ncc(Cl)c(C(=O)N(CCC(=O)O)C(C)C)n1. The maximum atomic E-state index is 12.6. The minimum absolute atomic E-state index is 0.0698. The van der Waals surface area contributed by atoms with Gasteiger partial charge in [0.2, 0.25) is 0 Å². The van der Waals surface area contributed by atoms with Crippen LogP contribution in [-0.4, -0.2) is 44.4 Å². The van der Waals surface area contributed by atoms with Gasteiger partial charge in [0.25, 0.3) is 5.91 Å². The maximum Gasteiger partial charge on any atom is 0.305 e. The predicted molar refractivity (Wildman–Crippen MR) is 79.6 cm³/mol. The lowest BCUT2D eigenvalue weighted by molar-refractivity contribution is -0.137. The highest BCUT2D eigenvalue weighted by atomic mass is 35.5. The van der Waals surface area contributed by atoms with Crippen molar-refractivity contribution in [3.8, 4) is 0 Å². The molecule has 7 heteroatoms. The van der Waals surface area contributed by atoms with Crippen molar-refractivity contribution in [3.63, 3.8) is 0 Å². The van der Waals surface area contributed by atoms with Crippen molar-refractivity contribution in [3.05, 3.63) is 22.7 Å². The molecule has 1 aromatic rings. The zero-order valence-electron chi connectivity index (χ0n) is 12.6. The molecule has 0 fully saturated rings. The van der Waals surface area contributed by atoms with E-state index in [1.807, 2.05) is 27.7 Å². The first kappa shape index (κ1) is 17.4. The van der Waals surface area contributed by atoms with Crippen molar-refractivity contribution in [2.75, 3.05) is 6.54 Å². The second-order valence-corrected chi connectivity index (χ2v) is 5.72. The Morgan fingerprint density at radius 3 is 2.43 bits per heavy atom. The van der Waals surface area contributed by atoms with Crippen LogP contribution >= 0.6 is 11.6 Å². The predicted octanol–water partition coefficient (Wildman–Crippen LogP) is 2.58. The molecule has 6 nitrogen and oxygen atoms in total. The molecule has 0 spiro atoms. The zero-order chi connectivity index (χ0) is 16.2. The minimum atomic E-state index is -0.954. The van der Waals surface area contributed by atoms with E-state index in [0.717, 1.165) is 0 Å². The summed E-state index contributed by atoms with van der Waals surface area (Å²) < 4.78 is 0. The van der Waals surface area contributed by atoms with Crippen LogP contribution in [0.4, 0.5) is 0 Å². The highest BCUT2D eigenvalue weighted by Gasteiger charge is 2.24. The van der Waals surface area contributed by atoms with Crippen LogP contribution in [0.3, 0.4) is 0 Å². The lowest BCUT2D eigenvalue weighted by Crippen LogP contribution is -2.39. The summed E-state index contributed by atoms with van der Waals surface area (Å²) in [5.41, 5.74) is 0.120. The van der Waals surface area contributed by atoms with E-state index >= 15 is 0 Å². The van der Waals surface area contributed by atoms with E-state index in [1.54, 1.807) is 0 Å². The molecule has 0 unspecified atom stereocenters. The molecule has 0 saturated carbocycles. The molecule has 21 heavy (non-hydrogen) atoms. The molecule has 0 aromatic carbocycles. The maximum absolute atomic E-state index is 12.6. The number of nitrogens with zero attached hydrogens (tertiary/aromatic N) is 3. The quantitative estimate of drug-likeness (QED) is 0.872. The van der Waals surface area contributed by atoms with E-state index in [2.05, 4.69) is 9.97 Å². The molecule has 0 saturated heterocycles. The summed E-state index contributed by atoms with van der Waals surface area (Å²) in [6.07, 6.45) is 1.29. The molecule has 0 aliphatic heterocycles. The number of aromatic nitrogens is 2. The number of amides is 1. The average Bonchev–Trinajstić information content (AvgIpc) is 2.38. The number of rotatable bonds is 6. The fourth-order valence-corrected chi connectivity index (χ4v) is 1.93. The van der Waals surface area contributed by atoms with E-state index in [1.165, 1.54) is 11.1 Å². The van der Waals surface area contributed by atoms with Gasteiger partial charge in [-0.2, -0.15) is 0 Å².